The summed E-state index contributed by atoms with van der Waals surface area (Å²) in [7, 11) is -4.02. The van der Waals surface area contributed by atoms with Gasteiger partial charge in [-0.25, -0.2) is 12.8 Å². The lowest BCUT2D eigenvalue weighted by Gasteiger charge is -2.46. The van der Waals surface area contributed by atoms with Crippen molar-refractivity contribution < 1.29 is 17.6 Å². The molecule has 1 aliphatic rings. The van der Waals surface area contributed by atoms with Gasteiger partial charge in [0.05, 0.1) is 16.1 Å². The largest absolute Gasteiger partial charge is 0.342 e. The first-order chi connectivity index (χ1) is 20.7. The molecule has 216 valence electrons. The molecule has 0 saturated heterocycles. The number of sulfonamides is 1. The van der Waals surface area contributed by atoms with Gasteiger partial charge in [0, 0.05) is 23.5 Å². The molecular formula is C35H30FN3O3S. The number of nitrogens with zero attached hydrogens (tertiary/aromatic N) is 2. The molecule has 8 heteroatoms. The van der Waals surface area contributed by atoms with Gasteiger partial charge in [0.15, 0.2) is 0 Å². The molecule has 1 heterocycles. The second-order valence-corrected chi connectivity index (χ2v) is 12.4. The summed E-state index contributed by atoms with van der Waals surface area (Å²) in [5.41, 5.74) is 4.99. The maximum absolute atomic E-state index is 15.5. The zero-order chi connectivity index (χ0) is 30.1. The fourth-order valence-electron chi connectivity index (χ4n) is 5.36. The van der Waals surface area contributed by atoms with Crippen LogP contribution in [0.5, 0.6) is 0 Å². The maximum atomic E-state index is 15.5. The molecule has 0 radical (unpaired) electrons. The van der Waals surface area contributed by atoms with E-state index in [2.05, 4.69) is 4.72 Å². The number of amides is 1. The van der Waals surface area contributed by atoms with Crippen LogP contribution in [0.3, 0.4) is 0 Å². The van der Waals surface area contributed by atoms with Crippen LogP contribution in [0.25, 0.3) is 0 Å². The number of carbonyl (C=O) groups is 1. The Morgan fingerprint density at radius 2 is 1.40 bits per heavy atom. The summed E-state index contributed by atoms with van der Waals surface area (Å²) >= 11 is 0. The highest BCUT2D eigenvalue weighted by Crippen LogP contribution is 2.43. The molecule has 0 aromatic heterocycles. The van der Waals surface area contributed by atoms with Gasteiger partial charge in [0.25, 0.3) is 15.9 Å². The lowest BCUT2D eigenvalue weighted by atomic mass is 9.98. The second kappa shape index (κ2) is 11.4. The molecule has 1 aliphatic heterocycles. The highest BCUT2D eigenvalue weighted by molar-refractivity contribution is 7.92. The Balaban J connectivity index is 1.53. The zero-order valence-electron chi connectivity index (χ0n) is 23.7. The number of hydrogen-bond acceptors (Lipinski definition) is 4. The summed E-state index contributed by atoms with van der Waals surface area (Å²) in [6.45, 7) is 4.21. The van der Waals surface area contributed by atoms with Gasteiger partial charge in [-0.05, 0) is 67.9 Å². The van der Waals surface area contributed by atoms with Crippen LogP contribution < -0.4 is 14.5 Å². The Hall–Kier alpha value is -4.95. The van der Waals surface area contributed by atoms with E-state index in [0.29, 0.717) is 29.2 Å². The van der Waals surface area contributed by atoms with Crippen molar-refractivity contribution in [2.45, 2.75) is 31.5 Å². The maximum Gasteiger partial charge on any atom is 0.262 e. The number of anilines is 3. The number of rotatable bonds is 7. The molecule has 1 atom stereocenters. The lowest BCUT2D eigenvalue weighted by Crippen LogP contribution is -2.50. The van der Waals surface area contributed by atoms with Crippen molar-refractivity contribution in [2.75, 3.05) is 14.5 Å². The van der Waals surface area contributed by atoms with Gasteiger partial charge in [-0.2, -0.15) is 0 Å². The minimum atomic E-state index is -4.02. The van der Waals surface area contributed by atoms with Crippen molar-refractivity contribution in [3.63, 3.8) is 0 Å². The van der Waals surface area contributed by atoms with Gasteiger partial charge >= 0.3 is 0 Å². The molecule has 0 spiro atoms. The monoisotopic (exact) mass is 591 g/mol. The smallest absolute Gasteiger partial charge is 0.262 e. The van der Waals surface area contributed by atoms with Crippen LogP contribution in [0.15, 0.2) is 126 Å². The average Bonchev–Trinajstić information content (AvgIpc) is 3.01. The van der Waals surface area contributed by atoms with E-state index in [1.807, 2.05) is 85.5 Å². The first-order valence-corrected chi connectivity index (χ1v) is 15.4. The predicted octanol–water partition coefficient (Wildman–Crippen LogP) is 7.61. The number of benzene rings is 5. The molecule has 0 saturated carbocycles. The van der Waals surface area contributed by atoms with Crippen LogP contribution in [0.1, 0.15) is 38.8 Å². The van der Waals surface area contributed by atoms with Crippen molar-refractivity contribution in [3.05, 3.63) is 155 Å². The van der Waals surface area contributed by atoms with E-state index >= 15 is 4.39 Å². The quantitative estimate of drug-likeness (QED) is 0.212. The third kappa shape index (κ3) is 5.61. The molecule has 43 heavy (non-hydrogen) atoms. The Bertz CT molecular complexity index is 1890. The molecule has 0 unspecified atom stereocenters. The number of nitrogens with one attached hydrogen (secondary N) is 1. The molecule has 0 bridgehead atoms. The Labute approximate surface area is 251 Å². The van der Waals surface area contributed by atoms with Gasteiger partial charge in [-0.3, -0.25) is 14.4 Å². The molecule has 6 rings (SSSR count). The van der Waals surface area contributed by atoms with E-state index in [4.69, 9.17) is 0 Å². The SMILES string of the molecule is Cc1ccc(NS(=O)(=O)c2ccc3c(c2)C(=O)N(c2ccc(C)cc2)[C@@H](c2ccccc2F)N3Cc2ccccc2)cc1. The van der Waals surface area contributed by atoms with E-state index in [0.717, 1.165) is 16.7 Å². The second-order valence-electron chi connectivity index (χ2n) is 10.7. The van der Waals surface area contributed by atoms with Gasteiger partial charge in [0.1, 0.15) is 12.0 Å². The van der Waals surface area contributed by atoms with Crippen molar-refractivity contribution >= 4 is 33.0 Å². The fourth-order valence-corrected chi connectivity index (χ4v) is 6.44. The molecular weight excluding hydrogens is 561 g/mol. The van der Waals surface area contributed by atoms with E-state index in [-0.39, 0.29) is 10.5 Å². The van der Waals surface area contributed by atoms with Gasteiger partial charge in [-0.1, -0.05) is 83.9 Å². The molecule has 0 aliphatic carbocycles. The highest BCUT2D eigenvalue weighted by Gasteiger charge is 2.41. The van der Waals surface area contributed by atoms with E-state index < -0.39 is 27.9 Å². The molecule has 5 aromatic carbocycles. The van der Waals surface area contributed by atoms with E-state index in [9.17, 15) is 13.2 Å². The third-order valence-corrected chi connectivity index (χ3v) is 8.95. The summed E-state index contributed by atoms with van der Waals surface area (Å²) in [6, 6.07) is 35.1. The van der Waals surface area contributed by atoms with Crippen molar-refractivity contribution in [1.82, 2.24) is 0 Å². The number of carbonyl (C=O) groups excluding carboxylic acids is 1. The molecule has 0 fully saturated rings. The molecule has 1 N–H and O–H groups in total. The van der Waals surface area contributed by atoms with Crippen LogP contribution >= 0.6 is 0 Å². The number of fused-ring (bicyclic) bond motifs is 1. The first-order valence-electron chi connectivity index (χ1n) is 13.9. The van der Waals surface area contributed by atoms with Crippen LogP contribution in [0, 0.1) is 19.7 Å². The zero-order valence-corrected chi connectivity index (χ0v) is 24.6. The van der Waals surface area contributed by atoms with Crippen molar-refractivity contribution in [1.29, 1.82) is 0 Å². The Kier molecular flexibility index (Phi) is 7.46. The minimum Gasteiger partial charge on any atom is -0.342 e. The number of hydrogen-bond donors (Lipinski definition) is 1. The van der Waals surface area contributed by atoms with Gasteiger partial charge < -0.3 is 4.90 Å². The van der Waals surface area contributed by atoms with Crippen LogP contribution in [0.2, 0.25) is 0 Å². The lowest BCUT2D eigenvalue weighted by molar-refractivity contribution is 0.0967. The molecule has 5 aromatic rings. The fraction of sp³-hybridized carbons (Fsp3) is 0.114. The summed E-state index contributed by atoms with van der Waals surface area (Å²) in [5, 5.41) is 0. The normalized spacial score (nSPS) is 14.9. The first kappa shape index (κ1) is 28.2. The summed E-state index contributed by atoms with van der Waals surface area (Å²) < 4.78 is 45.1. The van der Waals surface area contributed by atoms with Crippen LogP contribution in [-0.4, -0.2) is 14.3 Å². The van der Waals surface area contributed by atoms with Crippen LogP contribution in [0.4, 0.5) is 21.5 Å². The molecule has 6 nitrogen and oxygen atoms in total. The van der Waals surface area contributed by atoms with Gasteiger partial charge in [-0.15, -0.1) is 0 Å². The van der Waals surface area contributed by atoms with Crippen molar-refractivity contribution in [3.8, 4) is 0 Å². The summed E-state index contributed by atoms with van der Waals surface area (Å²) in [4.78, 5) is 17.9. The summed E-state index contributed by atoms with van der Waals surface area (Å²) in [6.07, 6.45) is -0.836. The minimum absolute atomic E-state index is 0.0481. The summed E-state index contributed by atoms with van der Waals surface area (Å²) in [5.74, 6) is -0.871. The molecule has 1 amide bonds. The van der Waals surface area contributed by atoms with E-state index in [1.54, 1.807) is 41.3 Å². The Morgan fingerprint density at radius 1 is 0.767 bits per heavy atom. The standard InChI is InChI=1S/C35H30FN3O3S/c1-24-12-16-27(17-13-24)37-43(41,42)29-20-21-33-31(22-29)35(40)39(28-18-14-25(2)15-19-28)34(30-10-6-7-11-32(30)36)38(33)23-26-8-4-3-5-9-26/h3-22,34,37H,23H2,1-2H3/t34-/m0/s1. The van der Waals surface area contributed by atoms with Crippen molar-refractivity contribution in [2.24, 2.45) is 0 Å². The topological polar surface area (TPSA) is 69.7 Å². The third-order valence-electron chi connectivity index (χ3n) is 7.57. The van der Waals surface area contributed by atoms with E-state index in [1.165, 1.54) is 18.2 Å². The Morgan fingerprint density at radius 3 is 2.07 bits per heavy atom. The average molecular weight is 592 g/mol. The predicted molar refractivity (Wildman–Crippen MR) is 168 cm³/mol. The highest BCUT2D eigenvalue weighted by atomic mass is 32.2. The van der Waals surface area contributed by atoms with Crippen LogP contribution in [-0.2, 0) is 16.6 Å². The van der Waals surface area contributed by atoms with Gasteiger partial charge in [0.2, 0.25) is 0 Å². The number of halogens is 1. The number of aryl methyl sites for hydroxylation is 2.